The van der Waals surface area contributed by atoms with Crippen molar-refractivity contribution in [2.45, 2.75) is 12.8 Å². The topological polar surface area (TPSA) is 124 Å². The van der Waals surface area contributed by atoms with Crippen LogP contribution < -0.4 is 0 Å². The molecule has 0 radical (unpaired) electrons. The molecule has 0 spiro atoms. The van der Waals surface area contributed by atoms with Crippen LogP contribution in [-0.4, -0.2) is 38.9 Å². The molecule has 0 aromatic rings. The molecule has 4 N–H and O–H groups in total. The number of unbranched alkanes of at least 4 members (excludes halogenated alkanes) is 1. The first-order chi connectivity index (χ1) is 6.27. The van der Waals surface area contributed by atoms with E-state index < -0.39 is 22.0 Å². The van der Waals surface area contributed by atoms with Crippen LogP contribution in [0.4, 0.5) is 0 Å². The van der Waals surface area contributed by atoms with Crippen molar-refractivity contribution < 1.29 is 33.4 Å². The predicted octanol–water partition coefficient (Wildman–Crippen LogP) is 0.0961. The van der Waals surface area contributed by atoms with Crippen molar-refractivity contribution in [1.29, 1.82) is 0 Å². The molecule has 86 valence electrons. The first kappa shape index (κ1) is 14.3. The van der Waals surface area contributed by atoms with Crippen molar-refractivity contribution in [2.24, 2.45) is 0 Å². The van der Waals surface area contributed by atoms with Crippen LogP contribution in [-0.2, 0) is 13.7 Å². The van der Waals surface area contributed by atoms with E-state index in [2.05, 4.69) is 4.52 Å². The van der Waals surface area contributed by atoms with Gasteiger partial charge in [0.15, 0.2) is 6.79 Å². The van der Waals surface area contributed by atoms with E-state index in [1.54, 1.807) is 0 Å². The third-order valence-electron chi connectivity index (χ3n) is 1.40. The largest absolute Gasteiger partial charge is 0.370 e. The molecule has 0 amide bonds. The maximum absolute atomic E-state index is 10.9. The molecule has 0 heterocycles. The Balaban J connectivity index is 3.64. The van der Waals surface area contributed by atoms with Gasteiger partial charge in [-0.2, -0.15) is 0 Å². The lowest BCUT2D eigenvalue weighted by molar-refractivity contribution is 0.0864. The highest BCUT2D eigenvalue weighted by molar-refractivity contribution is 7.52. The fourth-order valence-corrected chi connectivity index (χ4v) is 2.35. The van der Waals surface area contributed by atoms with Gasteiger partial charge in [-0.1, -0.05) is 0 Å². The first-order valence-electron chi connectivity index (χ1n) is 3.89. The molecule has 0 aliphatic carbocycles. The first-order valence-corrected chi connectivity index (χ1v) is 7.45. The van der Waals surface area contributed by atoms with Gasteiger partial charge in [0.05, 0.1) is 6.16 Å². The molecule has 1 unspecified atom stereocenters. The summed E-state index contributed by atoms with van der Waals surface area (Å²) in [5.74, 6) is 0. The Morgan fingerprint density at radius 1 is 1.00 bits per heavy atom. The van der Waals surface area contributed by atoms with Crippen LogP contribution in [0.2, 0.25) is 0 Å². The fraction of sp³-hybridized carbons (Fsp3) is 1.00. The minimum absolute atomic E-state index is 0.142. The van der Waals surface area contributed by atoms with E-state index in [9.17, 15) is 9.13 Å². The van der Waals surface area contributed by atoms with Gasteiger partial charge in [-0.05, 0) is 12.8 Å². The highest BCUT2D eigenvalue weighted by Gasteiger charge is 2.19. The van der Waals surface area contributed by atoms with Crippen molar-refractivity contribution in [1.82, 2.24) is 0 Å². The van der Waals surface area contributed by atoms with Gasteiger partial charge in [-0.25, -0.2) is 0 Å². The van der Waals surface area contributed by atoms with Crippen LogP contribution in [0.25, 0.3) is 0 Å². The summed E-state index contributed by atoms with van der Waals surface area (Å²) < 4.78 is 25.4. The summed E-state index contributed by atoms with van der Waals surface area (Å²) in [4.78, 5) is 25.8. The van der Waals surface area contributed by atoms with Crippen molar-refractivity contribution in [2.75, 3.05) is 19.1 Å². The van der Waals surface area contributed by atoms with Gasteiger partial charge < -0.3 is 19.8 Å². The molecule has 0 aliphatic heterocycles. The Morgan fingerprint density at radius 2 is 1.50 bits per heavy atom. The van der Waals surface area contributed by atoms with Crippen molar-refractivity contribution in [3.05, 3.63) is 0 Å². The van der Waals surface area contributed by atoms with Crippen LogP contribution in [0, 0.1) is 0 Å². The second-order valence-electron chi connectivity index (χ2n) is 2.71. The van der Waals surface area contributed by atoms with Crippen LogP contribution in [0.5, 0.6) is 0 Å². The van der Waals surface area contributed by atoms with Gasteiger partial charge in [0.25, 0.3) is 0 Å². The molecular formula is C5H14O7P2. The van der Waals surface area contributed by atoms with Gasteiger partial charge in [-0.15, -0.1) is 0 Å². The number of aliphatic hydroxyl groups is 1. The minimum atomic E-state index is -4.02. The molecule has 0 fully saturated rings. The molecule has 0 aromatic heterocycles. The van der Waals surface area contributed by atoms with E-state index in [1.807, 2.05) is 0 Å². The molecule has 14 heavy (non-hydrogen) atoms. The second kappa shape index (κ2) is 5.98. The Labute approximate surface area is 81.4 Å². The minimum Gasteiger partial charge on any atom is -0.370 e. The summed E-state index contributed by atoms with van der Waals surface area (Å²) >= 11 is 0. The second-order valence-corrected chi connectivity index (χ2v) is 6.47. The lowest BCUT2D eigenvalue weighted by atomic mass is 10.4. The van der Waals surface area contributed by atoms with Gasteiger partial charge in [-0.3, -0.25) is 13.7 Å². The van der Waals surface area contributed by atoms with Crippen molar-refractivity contribution in [3.8, 4) is 0 Å². The molecule has 7 nitrogen and oxygen atoms in total. The Hall–Kier alpha value is 0.260. The average Bonchev–Trinajstić information content (AvgIpc) is 1.96. The molecule has 1 atom stereocenters. The van der Waals surface area contributed by atoms with Crippen LogP contribution >= 0.6 is 15.2 Å². The standard InChI is InChI=1S/C5H14O7P2/c6-5-12-14(10,11)4-2-1-3-13(7,8)9/h6H,1-5H2,(H,10,11)(H2,7,8,9). The van der Waals surface area contributed by atoms with E-state index >= 15 is 0 Å². The van der Waals surface area contributed by atoms with Crippen LogP contribution in [0.1, 0.15) is 12.8 Å². The molecule has 0 bridgehead atoms. The lowest BCUT2D eigenvalue weighted by Crippen LogP contribution is -1.97. The molecule has 0 aromatic carbocycles. The number of aliphatic hydroxyl groups excluding tert-OH is 1. The van der Waals surface area contributed by atoms with Crippen LogP contribution in [0.3, 0.4) is 0 Å². The molecule has 9 heteroatoms. The Bertz CT molecular complexity index is 246. The summed E-state index contributed by atoms with van der Waals surface area (Å²) in [7, 11) is -7.80. The van der Waals surface area contributed by atoms with Gasteiger partial charge in [0.2, 0.25) is 0 Å². The van der Waals surface area contributed by atoms with E-state index in [0.29, 0.717) is 0 Å². The summed E-state index contributed by atoms with van der Waals surface area (Å²) in [6.45, 7) is -0.841. The molecule has 0 saturated carbocycles. The van der Waals surface area contributed by atoms with E-state index in [1.165, 1.54) is 0 Å². The van der Waals surface area contributed by atoms with Gasteiger partial charge >= 0.3 is 15.2 Å². The number of hydrogen-bond acceptors (Lipinski definition) is 4. The summed E-state index contributed by atoms with van der Waals surface area (Å²) in [6.07, 6.45) is -0.220. The zero-order chi connectivity index (χ0) is 11.2. The fourth-order valence-electron chi connectivity index (χ4n) is 0.784. The van der Waals surface area contributed by atoms with Gasteiger partial charge in [0, 0.05) is 6.16 Å². The zero-order valence-corrected chi connectivity index (χ0v) is 9.23. The highest BCUT2D eigenvalue weighted by Crippen LogP contribution is 2.43. The quantitative estimate of drug-likeness (QED) is 0.286. The maximum atomic E-state index is 10.9. The molecule has 0 saturated heterocycles. The van der Waals surface area contributed by atoms with E-state index in [4.69, 9.17) is 19.8 Å². The third-order valence-corrected chi connectivity index (χ3v) is 3.70. The normalized spacial score (nSPS) is 16.6. The Kier molecular flexibility index (Phi) is 6.09. The lowest BCUT2D eigenvalue weighted by Gasteiger charge is -2.09. The van der Waals surface area contributed by atoms with Gasteiger partial charge in [0.1, 0.15) is 0 Å². The smallest absolute Gasteiger partial charge is 0.330 e. The zero-order valence-electron chi connectivity index (χ0n) is 7.44. The summed E-state index contributed by atoms with van der Waals surface area (Å²) in [5, 5.41) is 8.21. The molecule has 0 rings (SSSR count). The van der Waals surface area contributed by atoms with Crippen molar-refractivity contribution in [3.63, 3.8) is 0 Å². The van der Waals surface area contributed by atoms with E-state index in [0.717, 1.165) is 0 Å². The predicted molar refractivity (Wildman–Crippen MR) is 49.0 cm³/mol. The van der Waals surface area contributed by atoms with Crippen molar-refractivity contribution >= 4 is 15.2 Å². The summed E-state index contributed by atoms with van der Waals surface area (Å²) in [5.41, 5.74) is 0. The Morgan fingerprint density at radius 3 is 1.93 bits per heavy atom. The number of hydrogen-bond donors (Lipinski definition) is 4. The maximum Gasteiger partial charge on any atom is 0.330 e. The molecular weight excluding hydrogens is 234 g/mol. The summed E-state index contributed by atoms with van der Waals surface area (Å²) in [6, 6.07) is 0. The highest BCUT2D eigenvalue weighted by atomic mass is 31.2. The SMILES string of the molecule is O=P(O)(O)CCCCP(=O)(O)OCO. The average molecular weight is 248 g/mol. The monoisotopic (exact) mass is 248 g/mol. The van der Waals surface area contributed by atoms with E-state index in [-0.39, 0.29) is 25.2 Å². The third kappa shape index (κ3) is 8.84. The number of rotatable bonds is 7. The molecule has 0 aliphatic rings. The van der Waals surface area contributed by atoms with Crippen LogP contribution in [0.15, 0.2) is 0 Å².